The van der Waals surface area contributed by atoms with Gasteiger partial charge in [0.15, 0.2) is 0 Å². The predicted molar refractivity (Wildman–Crippen MR) is 118 cm³/mol. The molecule has 26 heavy (non-hydrogen) atoms. The lowest BCUT2D eigenvalue weighted by atomic mass is 10.1. The Bertz CT molecular complexity index is 483. The molecule has 0 bridgehead atoms. The first-order valence-electron chi connectivity index (χ1n) is 10.2. The molecule has 1 rings (SSSR count). The van der Waals surface area contributed by atoms with E-state index in [2.05, 4.69) is 39.4 Å². The molecular weight excluding hydrogens is 461 g/mol. The van der Waals surface area contributed by atoms with E-state index in [0.29, 0.717) is 6.26 Å². The van der Waals surface area contributed by atoms with E-state index in [1.54, 1.807) is 0 Å². The average molecular weight is 499 g/mol. The Balaban J connectivity index is 0.00000110. The molecule has 1 heterocycles. The van der Waals surface area contributed by atoms with Crippen molar-refractivity contribution in [3.8, 4) is 9.85 Å². The average Bonchev–Trinajstić information content (AvgIpc) is 3.02. The molecule has 0 aromatic carbocycles. The van der Waals surface area contributed by atoms with Gasteiger partial charge in [0.05, 0.1) is 29.8 Å². The molecule has 1 aliphatic rings. The van der Waals surface area contributed by atoms with Crippen molar-refractivity contribution in [3.63, 3.8) is 0 Å². The van der Waals surface area contributed by atoms with Crippen LogP contribution in [0, 0.1) is 9.85 Å². The lowest BCUT2D eigenvalue weighted by Gasteiger charge is -2.32. The summed E-state index contributed by atoms with van der Waals surface area (Å²) in [6.07, 6.45) is 17.8. The molecule has 0 saturated carbocycles. The number of hydrogen-bond donors (Lipinski definition) is 0. The molecule has 1 aliphatic heterocycles. The van der Waals surface area contributed by atoms with Crippen LogP contribution in [0.15, 0.2) is 0 Å². The third-order valence-electron chi connectivity index (χ3n) is 4.98. The van der Waals surface area contributed by atoms with Gasteiger partial charge in [-0.05, 0) is 22.7 Å². The zero-order valence-electron chi connectivity index (χ0n) is 16.8. The van der Waals surface area contributed by atoms with E-state index in [1.807, 2.05) is 0 Å². The highest BCUT2D eigenvalue weighted by Gasteiger charge is 2.30. The van der Waals surface area contributed by atoms with Crippen molar-refractivity contribution in [1.29, 1.82) is 0 Å². The maximum atomic E-state index is 9.08. The Labute approximate surface area is 176 Å². The topological polar surface area (TPSA) is 57.2 Å². The first-order chi connectivity index (χ1) is 12.3. The summed E-state index contributed by atoms with van der Waals surface area (Å²) in [7, 11) is -3.92. The van der Waals surface area contributed by atoms with Crippen LogP contribution in [0.4, 0.5) is 0 Å². The Kier molecular flexibility index (Phi) is 16.2. The number of halogens is 1. The fraction of sp³-hybridized carbons (Fsp3) is 0.900. The van der Waals surface area contributed by atoms with E-state index >= 15 is 0 Å². The van der Waals surface area contributed by atoms with Crippen LogP contribution in [-0.2, 0) is 10.1 Å². The van der Waals surface area contributed by atoms with Crippen molar-refractivity contribution < 1.29 is 17.5 Å². The second kappa shape index (κ2) is 16.1. The van der Waals surface area contributed by atoms with E-state index in [0.717, 1.165) is 6.54 Å². The molecule has 0 N–H and O–H groups in total. The first kappa shape index (κ1) is 26.2. The van der Waals surface area contributed by atoms with Crippen LogP contribution in [0.1, 0.15) is 84.0 Å². The fourth-order valence-electron chi connectivity index (χ4n) is 3.60. The Morgan fingerprint density at radius 1 is 0.923 bits per heavy atom. The Morgan fingerprint density at radius 2 is 1.35 bits per heavy atom. The van der Waals surface area contributed by atoms with Gasteiger partial charge in [0.25, 0.3) is 0 Å². The zero-order valence-corrected chi connectivity index (χ0v) is 19.7. The molecule has 0 aromatic heterocycles. The van der Waals surface area contributed by atoms with Gasteiger partial charge in [0.1, 0.15) is 6.54 Å². The van der Waals surface area contributed by atoms with Crippen molar-refractivity contribution in [2.24, 2.45) is 0 Å². The molecule has 0 atom stereocenters. The van der Waals surface area contributed by atoms with Crippen molar-refractivity contribution in [2.45, 2.75) is 84.0 Å². The lowest BCUT2D eigenvalue weighted by Crippen LogP contribution is -2.46. The minimum atomic E-state index is -3.92. The van der Waals surface area contributed by atoms with Gasteiger partial charge in [-0.1, -0.05) is 58.3 Å². The van der Waals surface area contributed by atoms with Gasteiger partial charge in [-0.2, -0.15) is 0 Å². The molecule has 154 valence electrons. The van der Waals surface area contributed by atoms with Gasteiger partial charge in [-0.25, -0.2) is 8.42 Å². The molecule has 0 aliphatic carbocycles. The summed E-state index contributed by atoms with van der Waals surface area (Å²) in [6.45, 7) is 7.52. The van der Waals surface area contributed by atoms with E-state index in [1.165, 1.54) is 101 Å². The molecular formula is C20H38INO3S. The van der Waals surface area contributed by atoms with Crippen molar-refractivity contribution in [2.75, 3.05) is 32.4 Å². The smallest absolute Gasteiger partial charge is 0.141 e. The van der Waals surface area contributed by atoms with Crippen LogP contribution in [0.2, 0.25) is 0 Å². The van der Waals surface area contributed by atoms with Gasteiger partial charge in [-0.15, -0.1) is 0 Å². The van der Waals surface area contributed by atoms with Crippen LogP contribution >= 0.6 is 22.6 Å². The van der Waals surface area contributed by atoms with Gasteiger partial charge in [0, 0.05) is 41.7 Å². The van der Waals surface area contributed by atoms with Gasteiger partial charge in [-0.3, -0.25) is 0 Å². The normalized spacial score (nSPS) is 15.7. The molecule has 4 nitrogen and oxygen atoms in total. The number of quaternary nitrogens is 1. The van der Waals surface area contributed by atoms with Gasteiger partial charge >= 0.3 is 0 Å². The maximum absolute atomic E-state index is 9.08. The second-order valence-corrected chi connectivity index (χ2v) is 9.48. The Morgan fingerprint density at radius 3 is 1.77 bits per heavy atom. The second-order valence-electron chi connectivity index (χ2n) is 7.54. The Hall–Kier alpha value is 0.160. The number of nitrogens with zero attached hydrogens (tertiary/aromatic N) is 1. The van der Waals surface area contributed by atoms with Crippen molar-refractivity contribution in [3.05, 3.63) is 0 Å². The zero-order chi connectivity index (χ0) is 19.7. The van der Waals surface area contributed by atoms with E-state index in [-0.39, 0.29) is 0 Å². The highest BCUT2D eigenvalue weighted by Crippen LogP contribution is 2.21. The van der Waals surface area contributed by atoms with Crippen LogP contribution in [0.25, 0.3) is 0 Å². The summed E-state index contributed by atoms with van der Waals surface area (Å²) in [6, 6.07) is 0. The van der Waals surface area contributed by atoms with Crippen LogP contribution < -0.4 is 0 Å². The van der Waals surface area contributed by atoms with E-state index < -0.39 is 10.1 Å². The predicted octanol–water partition coefficient (Wildman–Crippen LogP) is 5.08. The summed E-state index contributed by atoms with van der Waals surface area (Å²) in [5, 5.41) is 0. The van der Waals surface area contributed by atoms with Crippen LogP contribution in [-0.4, -0.2) is 49.9 Å². The van der Waals surface area contributed by atoms with Crippen LogP contribution in [0.3, 0.4) is 0 Å². The maximum Gasteiger partial charge on any atom is 0.141 e. The highest BCUT2D eigenvalue weighted by molar-refractivity contribution is 14.1. The molecule has 0 radical (unpaired) electrons. The molecule has 1 saturated heterocycles. The summed E-state index contributed by atoms with van der Waals surface area (Å²) < 4.78 is 31.6. The standard InChI is InChI=1S/C19H35IN.CH4O3S/c1-2-3-4-5-6-7-8-9-10-11-16-21(19-14-15-20)17-12-13-18-21;1-5(2,3)4/h2-13,16-19H2,1H3;1H3,(H,2,3,4)/q+1;/p-1. The molecule has 0 aromatic rings. The fourth-order valence-corrected chi connectivity index (χ4v) is 3.77. The van der Waals surface area contributed by atoms with E-state index in [4.69, 9.17) is 13.0 Å². The number of likely N-dealkylation sites (tertiary alicyclic amines) is 1. The minimum Gasteiger partial charge on any atom is -0.748 e. The van der Waals surface area contributed by atoms with Crippen molar-refractivity contribution >= 4 is 32.7 Å². The summed E-state index contributed by atoms with van der Waals surface area (Å²) in [5.74, 6) is 3.33. The summed E-state index contributed by atoms with van der Waals surface area (Å²) in [4.78, 5) is 0. The van der Waals surface area contributed by atoms with Gasteiger partial charge < -0.3 is 9.04 Å². The first-order valence-corrected chi connectivity index (χ1v) is 13.1. The number of rotatable bonds is 12. The third kappa shape index (κ3) is 17.6. The third-order valence-corrected chi connectivity index (χ3v) is 5.36. The molecule has 0 amide bonds. The summed E-state index contributed by atoms with van der Waals surface area (Å²) >= 11 is 2.18. The lowest BCUT2D eigenvalue weighted by molar-refractivity contribution is -0.910. The SMILES string of the molecule is CCCCCCCCCCCC[N+]1(CC#CI)CCCC1.CS(=O)(=O)[O-]. The molecule has 6 heteroatoms. The molecule has 0 unspecified atom stereocenters. The summed E-state index contributed by atoms with van der Waals surface area (Å²) in [5.41, 5.74) is 0. The largest absolute Gasteiger partial charge is 0.748 e. The number of hydrogen-bond acceptors (Lipinski definition) is 3. The number of unbranched alkanes of at least 4 members (excludes halogenated alkanes) is 9. The molecule has 0 spiro atoms. The quantitative estimate of drug-likeness (QED) is 0.124. The monoisotopic (exact) mass is 499 g/mol. The van der Waals surface area contributed by atoms with Gasteiger partial charge in [0.2, 0.25) is 0 Å². The van der Waals surface area contributed by atoms with Crippen molar-refractivity contribution in [1.82, 2.24) is 0 Å². The highest BCUT2D eigenvalue weighted by atomic mass is 127. The van der Waals surface area contributed by atoms with Crippen LogP contribution in [0.5, 0.6) is 0 Å². The molecule has 1 fully saturated rings. The minimum absolute atomic E-state index is 0.604. The van der Waals surface area contributed by atoms with E-state index in [9.17, 15) is 0 Å².